The van der Waals surface area contributed by atoms with Crippen LogP contribution in [0.3, 0.4) is 0 Å². The summed E-state index contributed by atoms with van der Waals surface area (Å²) in [4.78, 5) is 10.3. The third-order valence-electron chi connectivity index (χ3n) is 1.32. The van der Waals surface area contributed by atoms with E-state index in [4.69, 9.17) is 5.11 Å². The first kappa shape index (κ1) is 6.51. The second-order valence-corrected chi connectivity index (χ2v) is 2.02. The predicted octanol–water partition coefficient (Wildman–Crippen LogP) is -1.51. The van der Waals surface area contributed by atoms with Crippen molar-refractivity contribution >= 4 is 5.91 Å². The smallest absolute Gasteiger partial charge is 0.251 e. The first-order valence-corrected chi connectivity index (χ1v) is 2.73. The van der Waals surface area contributed by atoms with Gasteiger partial charge >= 0.3 is 0 Å². The first-order valence-electron chi connectivity index (χ1n) is 2.73. The molecule has 1 aliphatic rings. The molecule has 0 aromatic carbocycles. The van der Waals surface area contributed by atoms with Crippen LogP contribution in [0.25, 0.3) is 0 Å². The lowest BCUT2D eigenvalue weighted by molar-refractivity contribution is -0.144. The Morgan fingerprint density at radius 3 is 2.89 bits per heavy atom. The van der Waals surface area contributed by atoms with Gasteiger partial charge in [-0.3, -0.25) is 4.79 Å². The number of hydrogen-bond acceptors (Lipinski definition) is 3. The molecule has 0 radical (unpaired) electrons. The van der Waals surface area contributed by atoms with E-state index in [1.807, 2.05) is 0 Å². The summed E-state index contributed by atoms with van der Waals surface area (Å²) in [6.07, 6.45) is -0.857. The van der Waals surface area contributed by atoms with Crippen molar-refractivity contribution in [2.45, 2.75) is 12.1 Å². The third kappa shape index (κ3) is 1.04. The number of aliphatic hydroxyl groups is 1. The molecule has 9 heavy (non-hydrogen) atoms. The van der Waals surface area contributed by atoms with Crippen LogP contribution in [0.1, 0.15) is 0 Å². The lowest BCUT2D eigenvalue weighted by atomic mass is 10.0. The number of aliphatic hydroxyl groups excluding tert-OH is 1. The van der Waals surface area contributed by atoms with E-state index in [9.17, 15) is 4.79 Å². The van der Waals surface area contributed by atoms with Crippen LogP contribution in [-0.2, 0) is 9.53 Å². The fraction of sp³-hybridized carbons (Fsp3) is 0.800. The maximum Gasteiger partial charge on any atom is 0.251 e. The van der Waals surface area contributed by atoms with Gasteiger partial charge in [0.15, 0.2) is 6.10 Å². The number of hydrogen-bond donors (Lipinski definition) is 2. The van der Waals surface area contributed by atoms with Crippen LogP contribution >= 0.6 is 0 Å². The molecule has 0 unspecified atom stereocenters. The molecule has 1 fully saturated rings. The van der Waals surface area contributed by atoms with Crippen LogP contribution in [0.4, 0.5) is 0 Å². The highest BCUT2D eigenvalue weighted by Crippen LogP contribution is 2.04. The zero-order valence-electron chi connectivity index (χ0n) is 5.13. The van der Waals surface area contributed by atoms with Crippen LogP contribution in [-0.4, -0.2) is 36.9 Å². The minimum atomic E-state index is -0.857. The van der Waals surface area contributed by atoms with Crippen molar-refractivity contribution in [1.82, 2.24) is 5.32 Å². The Morgan fingerprint density at radius 2 is 2.56 bits per heavy atom. The van der Waals surface area contributed by atoms with Gasteiger partial charge in [-0.1, -0.05) is 0 Å². The number of amides is 1. The second kappa shape index (κ2) is 2.33. The molecule has 1 saturated heterocycles. The van der Waals surface area contributed by atoms with Crippen LogP contribution in [0.15, 0.2) is 0 Å². The maximum atomic E-state index is 10.3. The van der Waals surface area contributed by atoms with Crippen molar-refractivity contribution in [2.75, 3.05) is 13.7 Å². The van der Waals surface area contributed by atoms with E-state index in [1.165, 1.54) is 7.11 Å². The summed E-state index contributed by atoms with van der Waals surface area (Å²) in [6, 6.07) is -0.192. The van der Waals surface area contributed by atoms with Crippen molar-refractivity contribution in [3.05, 3.63) is 0 Å². The fourth-order valence-corrected chi connectivity index (χ4v) is 0.746. The molecule has 2 N–H and O–H groups in total. The normalized spacial score (nSPS) is 33.3. The molecule has 4 nitrogen and oxygen atoms in total. The van der Waals surface area contributed by atoms with Crippen LogP contribution in [0.5, 0.6) is 0 Å². The summed E-state index contributed by atoms with van der Waals surface area (Å²) in [5.41, 5.74) is 0. The molecule has 0 bridgehead atoms. The number of rotatable bonds is 2. The average molecular weight is 131 g/mol. The molecule has 1 heterocycles. The number of nitrogens with one attached hydrogen (secondary N) is 1. The number of methoxy groups -OCH3 is 1. The molecule has 0 aromatic rings. The number of carbonyl (C=O) groups is 1. The molecule has 52 valence electrons. The summed E-state index contributed by atoms with van der Waals surface area (Å²) < 4.78 is 4.69. The van der Waals surface area contributed by atoms with Gasteiger partial charge in [-0.25, -0.2) is 0 Å². The standard InChI is InChI=1S/C5H9NO3/c1-9-2-3-4(7)5(8)6-3/h3-4,7H,2H2,1H3,(H,6,8)/t3-,4+/m0/s1. The van der Waals surface area contributed by atoms with Crippen LogP contribution < -0.4 is 5.32 Å². The Kier molecular flexibility index (Phi) is 1.68. The topological polar surface area (TPSA) is 58.6 Å². The van der Waals surface area contributed by atoms with Gasteiger partial charge in [0.25, 0.3) is 5.91 Å². The molecular formula is C5H9NO3. The Balaban J connectivity index is 2.25. The van der Waals surface area contributed by atoms with Crippen LogP contribution in [0, 0.1) is 0 Å². The van der Waals surface area contributed by atoms with E-state index >= 15 is 0 Å². The molecule has 0 aliphatic carbocycles. The van der Waals surface area contributed by atoms with Crippen LogP contribution in [0.2, 0.25) is 0 Å². The lowest BCUT2D eigenvalue weighted by Gasteiger charge is -2.31. The van der Waals surface area contributed by atoms with E-state index in [0.29, 0.717) is 6.61 Å². The highest BCUT2D eigenvalue weighted by atomic mass is 16.5. The van der Waals surface area contributed by atoms with Gasteiger partial charge in [-0.15, -0.1) is 0 Å². The predicted molar refractivity (Wildman–Crippen MR) is 29.8 cm³/mol. The highest BCUT2D eigenvalue weighted by molar-refractivity contribution is 5.87. The third-order valence-corrected chi connectivity index (χ3v) is 1.32. The molecule has 1 aliphatic heterocycles. The van der Waals surface area contributed by atoms with E-state index < -0.39 is 6.10 Å². The summed E-state index contributed by atoms with van der Waals surface area (Å²) in [6.45, 7) is 0.382. The number of carbonyl (C=O) groups excluding carboxylic acids is 1. The van der Waals surface area contributed by atoms with Gasteiger partial charge < -0.3 is 15.2 Å². The average Bonchev–Trinajstić information content (AvgIpc) is 1.88. The van der Waals surface area contributed by atoms with Crippen molar-refractivity contribution < 1.29 is 14.6 Å². The molecule has 0 saturated carbocycles. The molecule has 2 atom stereocenters. The second-order valence-electron chi connectivity index (χ2n) is 2.02. The summed E-state index contributed by atoms with van der Waals surface area (Å²) >= 11 is 0. The van der Waals surface area contributed by atoms with Gasteiger partial charge in [0.05, 0.1) is 12.6 Å². The fourth-order valence-electron chi connectivity index (χ4n) is 0.746. The Labute approximate surface area is 52.8 Å². The lowest BCUT2D eigenvalue weighted by Crippen LogP contribution is -2.64. The van der Waals surface area contributed by atoms with Gasteiger partial charge in [-0.2, -0.15) is 0 Å². The minimum absolute atomic E-state index is 0.192. The summed E-state index contributed by atoms with van der Waals surface area (Å²) in [5, 5.41) is 11.3. The van der Waals surface area contributed by atoms with Gasteiger partial charge in [0.2, 0.25) is 0 Å². The largest absolute Gasteiger partial charge is 0.382 e. The molecule has 1 rings (SSSR count). The molecule has 0 spiro atoms. The monoisotopic (exact) mass is 131 g/mol. The summed E-state index contributed by atoms with van der Waals surface area (Å²) in [5.74, 6) is -0.308. The quantitative estimate of drug-likeness (QED) is 0.448. The van der Waals surface area contributed by atoms with E-state index in [0.717, 1.165) is 0 Å². The SMILES string of the molecule is COC[C@@H]1NC(=O)[C@@H]1O. The Hall–Kier alpha value is -0.610. The highest BCUT2D eigenvalue weighted by Gasteiger charge is 2.37. The van der Waals surface area contributed by atoms with Gasteiger partial charge in [-0.05, 0) is 0 Å². The van der Waals surface area contributed by atoms with Crippen molar-refractivity contribution in [2.24, 2.45) is 0 Å². The number of β-lactam (4-membered cyclic amide) rings is 1. The van der Waals surface area contributed by atoms with Gasteiger partial charge in [0.1, 0.15) is 0 Å². The Bertz CT molecular complexity index is 125. The molecule has 4 heteroatoms. The minimum Gasteiger partial charge on any atom is -0.382 e. The zero-order chi connectivity index (χ0) is 6.85. The maximum absolute atomic E-state index is 10.3. The van der Waals surface area contributed by atoms with E-state index in [1.54, 1.807) is 0 Å². The number of ether oxygens (including phenoxy) is 1. The molecule has 0 aromatic heterocycles. The van der Waals surface area contributed by atoms with Gasteiger partial charge in [0, 0.05) is 7.11 Å². The van der Waals surface area contributed by atoms with Crippen molar-refractivity contribution in [3.63, 3.8) is 0 Å². The molecule has 1 amide bonds. The molecular weight excluding hydrogens is 122 g/mol. The zero-order valence-corrected chi connectivity index (χ0v) is 5.13. The van der Waals surface area contributed by atoms with Crippen molar-refractivity contribution in [3.8, 4) is 0 Å². The Morgan fingerprint density at radius 1 is 1.89 bits per heavy atom. The van der Waals surface area contributed by atoms with E-state index in [2.05, 4.69) is 10.1 Å². The van der Waals surface area contributed by atoms with E-state index in [-0.39, 0.29) is 11.9 Å². The summed E-state index contributed by atoms with van der Waals surface area (Å²) in [7, 11) is 1.52. The van der Waals surface area contributed by atoms with Crippen molar-refractivity contribution in [1.29, 1.82) is 0 Å². The first-order chi connectivity index (χ1) is 4.25.